The zero-order valence-corrected chi connectivity index (χ0v) is 11.7. The van der Waals surface area contributed by atoms with E-state index in [-0.39, 0.29) is 0 Å². The van der Waals surface area contributed by atoms with E-state index in [0.717, 1.165) is 11.8 Å². The Hall–Kier alpha value is -3.16. The first-order chi connectivity index (χ1) is 11.1. The van der Waals surface area contributed by atoms with Gasteiger partial charge in [-0.15, -0.1) is 0 Å². The standard InChI is InChI=1S/C15H11F2N5O/c16-10-6-11(17)13(18-7-10)15(23)21-12(14-19-8-20-22-14)9-4-2-1-3-5-9/h1-8,12H,(H,21,23)(H,19,20,22)/t12-/m0/s1. The second kappa shape index (κ2) is 6.30. The third-order valence-corrected chi connectivity index (χ3v) is 3.14. The number of aromatic nitrogens is 4. The molecule has 0 radical (unpaired) electrons. The minimum absolute atomic E-state index is 0.382. The molecule has 2 aromatic heterocycles. The van der Waals surface area contributed by atoms with E-state index in [2.05, 4.69) is 25.5 Å². The fraction of sp³-hybridized carbons (Fsp3) is 0.0667. The van der Waals surface area contributed by atoms with Gasteiger partial charge in [-0.1, -0.05) is 30.3 Å². The Morgan fingerprint density at radius 3 is 2.61 bits per heavy atom. The van der Waals surface area contributed by atoms with Crippen LogP contribution in [-0.4, -0.2) is 26.1 Å². The number of benzene rings is 1. The van der Waals surface area contributed by atoms with Crippen molar-refractivity contribution in [1.29, 1.82) is 0 Å². The second-order valence-corrected chi connectivity index (χ2v) is 4.67. The predicted octanol–water partition coefficient (Wildman–Crippen LogP) is 2.00. The number of pyridine rings is 1. The van der Waals surface area contributed by atoms with E-state index in [0.29, 0.717) is 11.9 Å². The number of amides is 1. The van der Waals surface area contributed by atoms with Crippen LogP contribution in [0.3, 0.4) is 0 Å². The average molecular weight is 315 g/mol. The lowest BCUT2D eigenvalue weighted by atomic mass is 10.1. The predicted molar refractivity (Wildman–Crippen MR) is 76.3 cm³/mol. The molecular weight excluding hydrogens is 304 g/mol. The Labute approximate surface area is 129 Å². The molecule has 8 heteroatoms. The van der Waals surface area contributed by atoms with E-state index in [1.807, 2.05) is 6.07 Å². The van der Waals surface area contributed by atoms with Gasteiger partial charge in [-0.25, -0.2) is 18.7 Å². The summed E-state index contributed by atoms with van der Waals surface area (Å²) >= 11 is 0. The van der Waals surface area contributed by atoms with Gasteiger partial charge in [-0.2, -0.15) is 5.10 Å². The Morgan fingerprint density at radius 2 is 1.96 bits per heavy atom. The molecule has 0 aliphatic heterocycles. The third-order valence-electron chi connectivity index (χ3n) is 3.14. The van der Waals surface area contributed by atoms with Crippen LogP contribution < -0.4 is 5.32 Å². The molecule has 0 spiro atoms. The number of rotatable bonds is 4. The van der Waals surface area contributed by atoms with Crippen LogP contribution in [0.4, 0.5) is 8.78 Å². The number of nitrogens with zero attached hydrogens (tertiary/aromatic N) is 3. The molecule has 1 atom stereocenters. The van der Waals surface area contributed by atoms with Gasteiger partial charge >= 0.3 is 0 Å². The maximum absolute atomic E-state index is 13.7. The van der Waals surface area contributed by atoms with Gasteiger partial charge in [-0.05, 0) is 5.56 Å². The summed E-state index contributed by atoms with van der Waals surface area (Å²) in [7, 11) is 0. The second-order valence-electron chi connectivity index (χ2n) is 4.67. The van der Waals surface area contributed by atoms with Crippen molar-refractivity contribution < 1.29 is 13.6 Å². The number of H-pyrrole nitrogens is 1. The Balaban J connectivity index is 1.91. The summed E-state index contributed by atoms with van der Waals surface area (Å²) in [5, 5.41) is 9.03. The molecular formula is C15H11F2N5O. The fourth-order valence-corrected chi connectivity index (χ4v) is 2.09. The lowest BCUT2D eigenvalue weighted by Gasteiger charge is -2.16. The normalized spacial score (nSPS) is 11.9. The summed E-state index contributed by atoms with van der Waals surface area (Å²) in [6, 6.07) is 8.91. The van der Waals surface area contributed by atoms with Gasteiger partial charge in [0.05, 0.1) is 6.20 Å². The number of halogens is 2. The molecule has 0 unspecified atom stereocenters. The summed E-state index contributed by atoms with van der Waals surface area (Å²) < 4.78 is 26.6. The number of carbonyl (C=O) groups is 1. The van der Waals surface area contributed by atoms with Crippen molar-refractivity contribution in [2.24, 2.45) is 0 Å². The molecule has 6 nitrogen and oxygen atoms in total. The van der Waals surface area contributed by atoms with Crippen molar-refractivity contribution in [2.45, 2.75) is 6.04 Å². The molecule has 3 rings (SSSR count). The van der Waals surface area contributed by atoms with Gasteiger partial charge in [0.2, 0.25) is 0 Å². The molecule has 3 aromatic rings. The number of hydrogen-bond donors (Lipinski definition) is 2. The third kappa shape index (κ3) is 3.20. The highest BCUT2D eigenvalue weighted by Gasteiger charge is 2.23. The minimum Gasteiger partial charge on any atom is -0.337 e. The van der Waals surface area contributed by atoms with Crippen LogP contribution in [0.15, 0.2) is 48.9 Å². The highest BCUT2D eigenvalue weighted by atomic mass is 19.1. The van der Waals surface area contributed by atoms with E-state index in [1.165, 1.54) is 6.33 Å². The molecule has 0 saturated carbocycles. The molecule has 116 valence electrons. The zero-order chi connectivity index (χ0) is 16.2. The molecule has 0 bridgehead atoms. The van der Waals surface area contributed by atoms with Crippen molar-refractivity contribution in [1.82, 2.24) is 25.5 Å². The van der Waals surface area contributed by atoms with Crippen molar-refractivity contribution >= 4 is 5.91 Å². The first-order valence-electron chi connectivity index (χ1n) is 6.67. The highest BCUT2D eigenvalue weighted by Crippen LogP contribution is 2.19. The maximum Gasteiger partial charge on any atom is 0.273 e. The van der Waals surface area contributed by atoms with Gasteiger partial charge in [0.1, 0.15) is 18.2 Å². The lowest BCUT2D eigenvalue weighted by Crippen LogP contribution is -2.31. The minimum atomic E-state index is -1.04. The van der Waals surface area contributed by atoms with Crippen molar-refractivity contribution in [3.05, 3.63) is 77.6 Å². The fourth-order valence-electron chi connectivity index (χ4n) is 2.09. The Bertz CT molecular complexity index is 808. The molecule has 2 heterocycles. The summed E-state index contributed by atoms with van der Waals surface area (Å²) in [5.74, 6) is -2.29. The molecule has 0 aliphatic carbocycles. The van der Waals surface area contributed by atoms with Gasteiger partial charge in [0.15, 0.2) is 17.3 Å². The van der Waals surface area contributed by atoms with Gasteiger partial charge < -0.3 is 5.32 Å². The summed E-state index contributed by atoms with van der Waals surface area (Å²) in [5.41, 5.74) is 0.229. The Morgan fingerprint density at radius 1 is 1.17 bits per heavy atom. The van der Waals surface area contributed by atoms with E-state index >= 15 is 0 Å². The Kier molecular flexibility index (Phi) is 4.05. The van der Waals surface area contributed by atoms with Crippen LogP contribution >= 0.6 is 0 Å². The smallest absolute Gasteiger partial charge is 0.273 e. The zero-order valence-electron chi connectivity index (χ0n) is 11.7. The molecule has 1 amide bonds. The first kappa shape index (κ1) is 14.8. The van der Waals surface area contributed by atoms with E-state index in [9.17, 15) is 13.6 Å². The van der Waals surface area contributed by atoms with Gasteiger partial charge in [0.25, 0.3) is 5.91 Å². The van der Waals surface area contributed by atoms with Crippen LogP contribution in [0, 0.1) is 11.6 Å². The van der Waals surface area contributed by atoms with Crippen LogP contribution in [0.25, 0.3) is 0 Å². The lowest BCUT2D eigenvalue weighted by molar-refractivity contribution is 0.0932. The largest absolute Gasteiger partial charge is 0.337 e. The van der Waals surface area contributed by atoms with Gasteiger partial charge in [-0.3, -0.25) is 9.89 Å². The number of nitrogens with one attached hydrogen (secondary N) is 2. The van der Waals surface area contributed by atoms with E-state index < -0.39 is 29.3 Å². The molecule has 0 fully saturated rings. The maximum atomic E-state index is 13.7. The topological polar surface area (TPSA) is 83.6 Å². The van der Waals surface area contributed by atoms with E-state index in [1.54, 1.807) is 24.3 Å². The average Bonchev–Trinajstić information content (AvgIpc) is 3.07. The first-order valence-corrected chi connectivity index (χ1v) is 6.67. The van der Waals surface area contributed by atoms with E-state index in [4.69, 9.17) is 0 Å². The summed E-state index contributed by atoms with van der Waals surface area (Å²) in [6.07, 6.45) is 2.08. The van der Waals surface area contributed by atoms with Crippen LogP contribution in [0.1, 0.15) is 27.9 Å². The summed E-state index contributed by atoms with van der Waals surface area (Å²) in [4.78, 5) is 19.8. The van der Waals surface area contributed by atoms with Gasteiger partial charge in [0, 0.05) is 6.07 Å². The number of hydrogen-bond acceptors (Lipinski definition) is 4. The van der Waals surface area contributed by atoms with Crippen molar-refractivity contribution in [3.63, 3.8) is 0 Å². The van der Waals surface area contributed by atoms with Crippen molar-refractivity contribution in [2.75, 3.05) is 0 Å². The monoisotopic (exact) mass is 315 g/mol. The van der Waals surface area contributed by atoms with Crippen LogP contribution in [0.2, 0.25) is 0 Å². The molecule has 0 saturated heterocycles. The molecule has 1 aromatic carbocycles. The highest BCUT2D eigenvalue weighted by molar-refractivity contribution is 5.92. The van der Waals surface area contributed by atoms with Crippen LogP contribution in [0.5, 0.6) is 0 Å². The molecule has 0 aliphatic rings. The molecule has 2 N–H and O–H groups in total. The SMILES string of the molecule is O=C(N[C@@H](c1ccccc1)c1ncn[nH]1)c1ncc(F)cc1F. The van der Waals surface area contributed by atoms with Crippen molar-refractivity contribution in [3.8, 4) is 0 Å². The quantitative estimate of drug-likeness (QED) is 0.771. The summed E-state index contributed by atoms with van der Waals surface area (Å²) in [6.45, 7) is 0. The number of aromatic amines is 1. The number of carbonyl (C=O) groups excluding carboxylic acids is 1. The van der Waals surface area contributed by atoms with Crippen LogP contribution in [-0.2, 0) is 0 Å². The molecule has 23 heavy (non-hydrogen) atoms.